The molecule has 0 unspecified atom stereocenters. The number of nitrogens with one attached hydrogen (secondary N) is 2. The maximum absolute atomic E-state index is 5.92. The van der Waals surface area contributed by atoms with E-state index >= 15 is 0 Å². The number of H-pyrrole nitrogens is 1. The van der Waals surface area contributed by atoms with Crippen molar-refractivity contribution in [3.05, 3.63) is 40.5 Å². The SMILES string of the molecule is CC(C)CNCc1cn[nH]c1-c1cc2cc(Br)ccc2o1. The van der Waals surface area contributed by atoms with E-state index in [0.717, 1.165) is 45.5 Å². The van der Waals surface area contributed by atoms with Gasteiger partial charge >= 0.3 is 0 Å². The molecule has 5 heteroatoms. The van der Waals surface area contributed by atoms with E-state index in [2.05, 4.69) is 51.4 Å². The molecule has 0 aliphatic carbocycles. The maximum Gasteiger partial charge on any atom is 0.153 e. The zero-order valence-electron chi connectivity index (χ0n) is 12.1. The molecule has 2 aromatic heterocycles. The van der Waals surface area contributed by atoms with E-state index < -0.39 is 0 Å². The van der Waals surface area contributed by atoms with Gasteiger partial charge in [-0.1, -0.05) is 29.8 Å². The van der Waals surface area contributed by atoms with Crippen LogP contribution in [-0.2, 0) is 6.54 Å². The third-order valence-corrected chi connectivity index (χ3v) is 3.80. The predicted molar refractivity (Wildman–Crippen MR) is 88.0 cm³/mol. The smallest absolute Gasteiger partial charge is 0.153 e. The van der Waals surface area contributed by atoms with Crippen molar-refractivity contribution in [2.24, 2.45) is 5.92 Å². The van der Waals surface area contributed by atoms with Crippen LogP contribution in [0.3, 0.4) is 0 Å². The number of aromatic nitrogens is 2. The Bertz CT molecular complexity index is 745. The molecule has 110 valence electrons. The van der Waals surface area contributed by atoms with Crippen LogP contribution in [0.2, 0.25) is 0 Å². The Hall–Kier alpha value is -1.59. The van der Waals surface area contributed by atoms with Crippen LogP contribution in [0.1, 0.15) is 19.4 Å². The van der Waals surface area contributed by atoms with E-state index in [-0.39, 0.29) is 0 Å². The van der Waals surface area contributed by atoms with Crippen LogP contribution in [0.4, 0.5) is 0 Å². The number of hydrogen-bond acceptors (Lipinski definition) is 3. The topological polar surface area (TPSA) is 53.9 Å². The number of fused-ring (bicyclic) bond motifs is 1. The molecule has 0 radical (unpaired) electrons. The maximum atomic E-state index is 5.92. The van der Waals surface area contributed by atoms with Gasteiger partial charge in [-0.05, 0) is 36.7 Å². The largest absolute Gasteiger partial charge is 0.454 e. The van der Waals surface area contributed by atoms with E-state index in [9.17, 15) is 0 Å². The number of rotatable bonds is 5. The molecule has 0 amide bonds. The van der Waals surface area contributed by atoms with Gasteiger partial charge in [0.15, 0.2) is 5.76 Å². The van der Waals surface area contributed by atoms with E-state index in [4.69, 9.17) is 4.42 Å². The highest BCUT2D eigenvalue weighted by Gasteiger charge is 2.13. The number of aromatic amines is 1. The molecule has 0 atom stereocenters. The Labute approximate surface area is 132 Å². The third kappa shape index (κ3) is 3.19. The molecule has 0 aliphatic heterocycles. The van der Waals surface area contributed by atoms with Gasteiger partial charge in [-0.2, -0.15) is 5.10 Å². The van der Waals surface area contributed by atoms with Crippen LogP contribution >= 0.6 is 15.9 Å². The summed E-state index contributed by atoms with van der Waals surface area (Å²) in [6, 6.07) is 8.04. The van der Waals surface area contributed by atoms with Gasteiger partial charge in [-0.15, -0.1) is 0 Å². The van der Waals surface area contributed by atoms with Gasteiger partial charge in [-0.25, -0.2) is 0 Å². The summed E-state index contributed by atoms with van der Waals surface area (Å²) in [6.45, 7) is 6.16. The summed E-state index contributed by atoms with van der Waals surface area (Å²) in [7, 11) is 0. The molecule has 2 N–H and O–H groups in total. The molecular formula is C16H18BrN3O. The minimum absolute atomic E-state index is 0.629. The second kappa shape index (κ2) is 6.03. The highest BCUT2D eigenvalue weighted by Crippen LogP contribution is 2.30. The minimum Gasteiger partial charge on any atom is -0.454 e. The summed E-state index contributed by atoms with van der Waals surface area (Å²) >= 11 is 3.48. The Morgan fingerprint density at radius 3 is 3.00 bits per heavy atom. The van der Waals surface area contributed by atoms with Crippen molar-refractivity contribution in [2.45, 2.75) is 20.4 Å². The molecule has 0 spiro atoms. The van der Waals surface area contributed by atoms with E-state index in [0.29, 0.717) is 5.92 Å². The minimum atomic E-state index is 0.629. The van der Waals surface area contributed by atoms with Crippen LogP contribution in [0, 0.1) is 5.92 Å². The Morgan fingerprint density at radius 1 is 1.33 bits per heavy atom. The molecule has 0 aliphatic rings. The highest BCUT2D eigenvalue weighted by atomic mass is 79.9. The number of nitrogens with zero attached hydrogens (tertiary/aromatic N) is 1. The molecule has 4 nitrogen and oxygen atoms in total. The highest BCUT2D eigenvalue weighted by molar-refractivity contribution is 9.10. The lowest BCUT2D eigenvalue weighted by Crippen LogP contribution is -2.18. The van der Waals surface area contributed by atoms with Gasteiger partial charge in [0.25, 0.3) is 0 Å². The second-order valence-electron chi connectivity index (χ2n) is 5.59. The van der Waals surface area contributed by atoms with Crippen LogP contribution in [0.15, 0.2) is 39.4 Å². The van der Waals surface area contributed by atoms with Crippen molar-refractivity contribution in [2.75, 3.05) is 6.54 Å². The van der Waals surface area contributed by atoms with E-state index in [1.54, 1.807) is 0 Å². The van der Waals surface area contributed by atoms with Crippen molar-refractivity contribution in [3.8, 4) is 11.5 Å². The van der Waals surface area contributed by atoms with Gasteiger partial charge in [0.05, 0.1) is 6.20 Å². The average molecular weight is 348 g/mol. The molecule has 0 fully saturated rings. The lowest BCUT2D eigenvalue weighted by molar-refractivity contribution is 0.552. The summed E-state index contributed by atoms with van der Waals surface area (Å²) in [5.74, 6) is 1.45. The monoisotopic (exact) mass is 347 g/mol. The van der Waals surface area contributed by atoms with Gasteiger partial charge < -0.3 is 9.73 Å². The summed E-state index contributed by atoms with van der Waals surface area (Å²) in [4.78, 5) is 0. The second-order valence-corrected chi connectivity index (χ2v) is 6.50. The van der Waals surface area contributed by atoms with Crippen molar-refractivity contribution in [3.63, 3.8) is 0 Å². The summed E-state index contributed by atoms with van der Waals surface area (Å²) in [5.41, 5.74) is 2.94. The lowest BCUT2D eigenvalue weighted by Gasteiger charge is -2.06. The summed E-state index contributed by atoms with van der Waals surface area (Å²) < 4.78 is 6.96. The van der Waals surface area contributed by atoms with Crippen molar-refractivity contribution < 1.29 is 4.42 Å². The first kappa shape index (κ1) is 14.4. The molecule has 0 saturated carbocycles. The zero-order valence-corrected chi connectivity index (χ0v) is 13.7. The molecule has 0 bridgehead atoms. The number of furan rings is 1. The molecule has 21 heavy (non-hydrogen) atoms. The zero-order chi connectivity index (χ0) is 14.8. The fraction of sp³-hybridized carbons (Fsp3) is 0.312. The standard InChI is InChI=1S/C16H18BrN3O/c1-10(2)7-18-8-12-9-19-20-16(12)15-6-11-5-13(17)3-4-14(11)21-15/h3-6,9-10,18H,7-8H2,1-2H3,(H,19,20). The third-order valence-electron chi connectivity index (χ3n) is 3.31. The summed E-state index contributed by atoms with van der Waals surface area (Å²) in [6.07, 6.45) is 1.85. The Morgan fingerprint density at radius 2 is 2.19 bits per heavy atom. The Balaban J connectivity index is 1.87. The van der Waals surface area contributed by atoms with Gasteiger partial charge in [0.1, 0.15) is 11.3 Å². The molecular weight excluding hydrogens is 330 g/mol. The Kier molecular flexibility index (Phi) is 4.12. The fourth-order valence-electron chi connectivity index (χ4n) is 2.29. The molecule has 3 aromatic rings. The molecule has 3 rings (SSSR count). The van der Waals surface area contributed by atoms with E-state index in [1.807, 2.05) is 24.4 Å². The van der Waals surface area contributed by atoms with Crippen molar-refractivity contribution in [1.29, 1.82) is 0 Å². The van der Waals surface area contributed by atoms with Crippen LogP contribution in [0.5, 0.6) is 0 Å². The quantitative estimate of drug-likeness (QED) is 0.722. The molecule has 1 aromatic carbocycles. The normalized spacial score (nSPS) is 11.6. The van der Waals surface area contributed by atoms with Gasteiger partial charge in [0, 0.05) is 22.0 Å². The van der Waals surface area contributed by atoms with Crippen LogP contribution in [-0.4, -0.2) is 16.7 Å². The lowest BCUT2D eigenvalue weighted by atomic mass is 10.1. The van der Waals surface area contributed by atoms with Crippen LogP contribution < -0.4 is 5.32 Å². The van der Waals surface area contributed by atoms with E-state index in [1.165, 1.54) is 0 Å². The summed E-state index contributed by atoms with van der Waals surface area (Å²) in [5, 5.41) is 11.7. The van der Waals surface area contributed by atoms with Crippen molar-refractivity contribution in [1.82, 2.24) is 15.5 Å². The fourth-order valence-corrected chi connectivity index (χ4v) is 2.67. The first-order valence-corrected chi connectivity index (χ1v) is 7.85. The molecule has 2 heterocycles. The number of benzene rings is 1. The van der Waals surface area contributed by atoms with Crippen LogP contribution in [0.25, 0.3) is 22.4 Å². The first-order valence-electron chi connectivity index (χ1n) is 7.06. The number of hydrogen-bond donors (Lipinski definition) is 2. The van der Waals surface area contributed by atoms with Gasteiger partial charge in [-0.3, -0.25) is 5.10 Å². The number of halogens is 1. The molecule has 0 saturated heterocycles. The average Bonchev–Trinajstić information content (AvgIpc) is 3.03. The van der Waals surface area contributed by atoms with Crippen molar-refractivity contribution >= 4 is 26.9 Å². The predicted octanol–water partition coefficient (Wildman–Crippen LogP) is 4.33. The first-order chi connectivity index (χ1) is 10.1. The van der Waals surface area contributed by atoms with Gasteiger partial charge in [0.2, 0.25) is 0 Å².